The van der Waals surface area contributed by atoms with Gasteiger partial charge in [-0.1, -0.05) is 50.1 Å². The summed E-state index contributed by atoms with van der Waals surface area (Å²) in [7, 11) is 0. The molecule has 0 aliphatic carbocycles. The van der Waals surface area contributed by atoms with E-state index < -0.39 is 6.10 Å². The quantitative estimate of drug-likeness (QED) is 0.605. The van der Waals surface area contributed by atoms with Crippen molar-refractivity contribution in [3.63, 3.8) is 0 Å². The normalized spacial score (nSPS) is 12.4. The van der Waals surface area contributed by atoms with Crippen LogP contribution < -0.4 is 0 Å². The van der Waals surface area contributed by atoms with Crippen molar-refractivity contribution in [2.75, 3.05) is 0 Å². The third kappa shape index (κ3) is 3.56. The van der Waals surface area contributed by atoms with Crippen LogP contribution in [0.25, 0.3) is 0 Å². The maximum absolute atomic E-state index is 10.3. The highest BCUT2D eigenvalue weighted by atomic mass is 127. The molecule has 0 saturated heterocycles. The van der Waals surface area contributed by atoms with Crippen LogP contribution >= 0.6 is 54.5 Å². The first-order chi connectivity index (χ1) is 8.58. The van der Waals surface area contributed by atoms with Gasteiger partial charge in [0.2, 0.25) is 0 Å². The van der Waals surface area contributed by atoms with E-state index in [9.17, 15) is 5.11 Å². The van der Waals surface area contributed by atoms with E-state index in [1.54, 1.807) is 0 Å². The molecule has 2 aromatic rings. The van der Waals surface area contributed by atoms with Gasteiger partial charge >= 0.3 is 0 Å². The van der Waals surface area contributed by atoms with Gasteiger partial charge in [-0.3, -0.25) is 0 Å². The van der Waals surface area contributed by atoms with Crippen LogP contribution in [0.2, 0.25) is 0 Å². The third-order valence-electron chi connectivity index (χ3n) is 2.69. The molecule has 4 heteroatoms. The summed E-state index contributed by atoms with van der Waals surface area (Å²) in [6, 6.07) is 14.0. The molecule has 0 spiro atoms. The molecular weight excluding hydrogens is 471 g/mol. The van der Waals surface area contributed by atoms with E-state index in [0.29, 0.717) is 6.42 Å². The minimum absolute atomic E-state index is 0.507. The number of hydrogen-bond donors (Lipinski definition) is 1. The van der Waals surface area contributed by atoms with Gasteiger partial charge in [0.1, 0.15) is 0 Å². The second kappa shape index (κ2) is 6.50. The molecule has 1 N–H and O–H groups in total. The summed E-state index contributed by atoms with van der Waals surface area (Å²) < 4.78 is 3.10. The summed E-state index contributed by atoms with van der Waals surface area (Å²) in [6.07, 6.45) is 0.0907. The van der Waals surface area contributed by atoms with E-state index >= 15 is 0 Å². The fourth-order valence-corrected chi connectivity index (χ4v) is 3.22. The van der Waals surface area contributed by atoms with Crippen LogP contribution in [0, 0.1) is 3.57 Å². The highest BCUT2D eigenvalue weighted by molar-refractivity contribution is 14.1. The lowest BCUT2D eigenvalue weighted by Gasteiger charge is -2.14. The number of aliphatic hydroxyl groups is 1. The van der Waals surface area contributed by atoms with E-state index in [0.717, 1.165) is 23.6 Å². The highest BCUT2D eigenvalue weighted by Crippen LogP contribution is 2.29. The van der Waals surface area contributed by atoms with E-state index in [2.05, 4.69) is 54.5 Å². The zero-order valence-corrected chi connectivity index (χ0v) is 14.7. The predicted molar refractivity (Wildman–Crippen MR) is 89.7 cm³/mol. The van der Waals surface area contributed by atoms with Crippen molar-refractivity contribution >= 4 is 54.5 Å². The van der Waals surface area contributed by atoms with Gasteiger partial charge in [0.05, 0.1) is 6.10 Å². The Morgan fingerprint density at radius 3 is 2.50 bits per heavy atom. The maximum atomic E-state index is 10.3. The van der Waals surface area contributed by atoms with Crippen molar-refractivity contribution in [3.8, 4) is 0 Å². The number of hydrogen-bond acceptors (Lipinski definition) is 1. The summed E-state index contributed by atoms with van der Waals surface area (Å²) in [5.41, 5.74) is 2.04. The molecule has 2 aromatic carbocycles. The van der Waals surface area contributed by atoms with Gasteiger partial charge in [0.25, 0.3) is 0 Å². The lowest BCUT2D eigenvalue weighted by atomic mass is 10.0. The maximum Gasteiger partial charge on any atom is 0.0842 e. The molecule has 0 amide bonds. The van der Waals surface area contributed by atoms with Crippen molar-refractivity contribution in [1.82, 2.24) is 0 Å². The van der Waals surface area contributed by atoms with Crippen molar-refractivity contribution in [1.29, 1.82) is 0 Å². The van der Waals surface area contributed by atoms with Gasteiger partial charge in [-0.2, -0.15) is 0 Å². The van der Waals surface area contributed by atoms with Crippen LogP contribution in [0.4, 0.5) is 0 Å². The van der Waals surface area contributed by atoms with Crippen LogP contribution in [-0.2, 0) is 6.42 Å². The Bertz CT molecular complexity index is 557. The second-order valence-corrected chi connectivity index (χ2v) is 6.93. The van der Waals surface area contributed by atoms with Gasteiger partial charge in [-0.15, -0.1) is 0 Å². The van der Waals surface area contributed by atoms with Crippen LogP contribution in [-0.4, -0.2) is 5.11 Å². The Kier molecular flexibility index (Phi) is 5.24. The van der Waals surface area contributed by atoms with E-state index in [1.165, 1.54) is 0 Å². The van der Waals surface area contributed by atoms with Crippen molar-refractivity contribution in [2.45, 2.75) is 12.5 Å². The summed E-state index contributed by atoms with van der Waals surface area (Å²) in [5.74, 6) is 0. The SMILES string of the molecule is OC(Cc1ccccc1Br)c1cc(I)ccc1Br. The topological polar surface area (TPSA) is 20.2 Å². The Labute approximate surface area is 137 Å². The molecule has 0 heterocycles. The number of aliphatic hydroxyl groups excluding tert-OH is 1. The summed E-state index contributed by atoms with van der Waals surface area (Å²) in [4.78, 5) is 0. The van der Waals surface area contributed by atoms with Gasteiger partial charge < -0.3 is 5.11 Å². The standard InChI is InChI=1S/C14H11Br2IO/c15-12-4-2-1-3-9(12)7-14(18)11-8-10(17)5-6-13(11)16/h1-6,8,14,18H,7H2. The second-order valence-electron chi connectivity index (χ2n) is 3.98. The van der Waals surface area contributed by atoms with Gasteiger partial charge in [0.15, 0.2) is 0 Å². The van der Waals surface area contributed by atoms with Gasteiger partial charge in [-0.25, -0.2) is 0 Å². The molecule has 1 atom stereocenters. The molecule has 18 heavy (non-hydrogen) atoms. The molecule has 0 bridgehead atoms. The van der Waals surface area contributed by atoms with Crippen molar-refractivity contribution < 1.29 is 5.11 Å². The Hall–Kier alpha value is 0.0900. The van der Waals surface area contributed by atoms with Gasteiger partial charge in [0, 0.05) is 18.9 Å². The van der Waals surface area contributed by atoms with Gasteiger partial charge in [-0.05, 0) is 58.0 Å². The molecule has 1 unspecified atom stereocenters. The molecule has 0 fully saturated rings. The third-order valence-corrected chi connectivity index (χ3v) is 4.85. The largest absolute Gasteiger partial charge is 0.388 e. The first-order valence-electron chi connectivity index (χ1n) is 5.44. The van der Waals surface area contributed by atoms with E-state index in [4.69, 9.17) is 0 Å². The number of halogens is 3. The Morgan fingerprint density at radius 1 is 1.06 bits per heavy atom. The van der Waals surface area contributed by atoms with Crippen molar-refractivity contribution in [3.05, 3.63) is 66.1 Å². The van der Waals surface area contributed by atoms with Crippen LogP contribution in [0.15, 0.2) is 51.4 Å². The first-order valence-corrected chi connectivity index (χ1v) is 8.11. The molecular formula is C14H11Br2IO. The van der Waals surface area contributed by atoms with Crippen LogP contribution in [0.3, 0.4) is 0 Å². The first kappa shape index (κ1) is 14.5. The average molecular weight is 482 g/mol. The van der Waals surface area contributed by atoms with E-state index in [1.807, 2.05) is 42.5 Å². The molecule has 0 aliphatic heterocycles. The van der Waals surface area contributed by atoms with E-state index in [-0.39, 0.29) is 0 Å². The summed E-state index contributed by atoms with van der Waals surface area (Å²) in [6.45, 7) is 0. The predicted octanol–water partition coefficient (Wildman–Crippen LogP) is 5.09. The molecule has 0 aliphatic rings. The Balaban J connectivity index is 2.25. The number of benzene rings is 2. The fraction of sp³-hybridized carbons (Fsp3) is 0.143. The average Bonchev–Trinajstić information content (AvgIpc) is 2.35. The zero-order chi connectivity index (χ0) is 13.1. The minimum Gasteiger partial charge on any atom is -0.388 e. The number of rotatable bonds is 3. The molecule has 0 aromatic heterocycles. The molecule has 0 saturated carbocycles. The molecule has 1 nitrogen and oxygen atoms in total. The zero-order valence-electron chi connectivity index (χ0n) is 9.41. The monoisotopic (exact) mass is 480 g/mol. The fourth-order valence-electron chi connectivity index (χ4n) is 1.75. The summed E-state index contributed by atoms with van der Waals surface area (Å²) >= 11 is 9.25. The highest BCUT2D eigenvalue weighted by Gasteiger charge is 2.13. The smallest absolute Gasteiger partial charge is 0.0842 e. The minimum atomic E-state index is -0.507. The lowest BCUT2D eigenvalue weighted by molar-refractivity contribution is 0.177. The van der Waals surface area contributed by atoms with Crippen LogP contribution in [0.5, 0.6) is 0 Å². The lowest BCUT2D eigenvalue weighted by Crippen LogP contribution is -2.03. The Morgan fingerprint density at radius 2 is 1.78 bits per heavy atom. The van der Waals surface area contributed by atoms with Crippen molar-refractivity contribution in [2.24, 2.45) is 0 Å². The van der Waals surface area contributed by atoms with Crippen LogP contribution in [0.1, 0.15) is 17.2 Å². The molecule has 94 valence electrons. The molecule has 2 rings (SSSR count). The molecule has 0 radical (unpaired) electrons. The summed E-state index contributed by atoms with van der Waals surface area (Å²) in [5, 5.41) is 10.3.